The molecule has 1 atom stereocenters. The molecule has 3 rings (SSSR count). The summed E-state index contributed by atoms with van der Waals surface area (Å²) in [5, 5.41) is 2.99. The molecular weight excluding hydrogens is 306 g/mol. The Labute approximate surface area is 130 Å². The minimum atomic E-state index is -3.09. The lowest BCUT2D eigenvalue weighted by atomic mass is 10.2. The van der Waals surface area contributed by atoms with Gasteiger partial charge in [0.1, 0.15) is 11.2 Å². The molecular formula is C14H21N3O2S2. The summed E-state index contributed by atoms with van der Waals surface area (Å²) in [6.45, 7) is 1.57. The average molecular weight is 327 g/mol. The summed E-state index contributed by atoms with van der Waals surface area (Å²) in [5.41, 5.74) is 1.15. The second-order valence-corrected chi connectivity index (χ2v) is 9.09. The van der Waals surface area contributed by atoms with E-state index in [2.05, 4.69) is 10.3 Å². The first-order chi connectivity index (χ1) is 10.0. The van der Waals surface area contributed by atoms with Crippen LogP contribution >= 0.6 is 11.8 Å². The van der Waals surface area contributed by atoms with Crippen molar-refractivity contribution in [3.05, 3.63) is 23.9 Å². The van der Waals surface area contributed by atoms with E-state index < -0.39 is 15.2 Å². The predicted molar refractivity (Wildman–Crippen MR) is 87.4 cm³/mol. The van der Waals surface area contributed by atoms with Gasteiger partial charge in [0, 0.05) is 43.1 Å². The van der Waals surface area contributed by atoms with Gasteiger partial charge in [-0.05, 0) is 24.5 Å². The zero-order chi connectivity index (χ0) is 14.9. The highest BCUT2D eigenvalue weighted by Crippen LogP contribution is 2.25. The smallest absolute Gasteiger partial charge is 0.169 e. The van der Waals surface area contributed by atoms with Crippen LogP contribution in [0.4, 0.5) is 5.82 Å². The van der Waals surface area contributed by atoms with E-state index in [0.29, 0.717) is 11.8 Å². The van der Waals surface area contributed by atoms with Crippen LogP contribution < -0.4 is 10.2 Å². The van der Waals surface area contributed by atoms with Gasteiger partial charge >= 0.3 is 0 Å². The lowest BCUT2D eigenvalue weighted by Crippen LogP contribution is -2.47. The molecule has 2 aliphatic rings. The van der Waals surface area contributed by atoms with Gasteiger partial charge in [-0.3, -0.25) is 0 Å². The Kier molecular flexibility index (Phi) is 4.42. The fraction of sp³-hybridized carbons (Fsp3) is 0.643. The first-order valence-electron chi connectivity index (χ1n) is 7.25. The number of aromatic nitrogens is 1. The Balaban J connectivity index is 1.71. The van der Waals surface area contributed by atoms with Gasteiger partial charge in [0.05, 0.1) is 0 Å². The molecule has 5 nitrogen and oxygen atoms in total. The molecule has 1 aliphatic carbocycles. The highest BCUT2D eigenvalue weighted by Gasteiger charge is 2.31. The summed E-state index contributed by atoms with van der Waals surface area (Å²) in [6, 6.07) is 4.66. The summed E-state index contributed by atoms with van der Waals surface area (Å²) in [5.74, 6) is 2.32. The third-order valence-electron chi connectivity index (χ3n) is 3.85. The van der Waals surface area contributed by atoms with Crippen molar-refractivity contribution in [2.75, 3.05) is 29.2 Å². The van der Waals surface area contributed by atoms with Crippen molar-refractivity contribution in [2.24, 2.45) is 0 Å². The molecule has 0 spiro atoms. The molecule has 1 saturated heterocycles. The fourth-order valence-electron chi connectivity index (χ4n) is 2.44. The molecule has 1 aromatic heterocycles. The molecule has 2 fully saturated rings. The van der Waals surface area contributed by atoms with Crippen molar-refractivity contribution in [1.29, 1.82) is 0 Å². The van der Waals surface area contributed by atoms with E-state index in [1.165, 1.54) is 19.1 Å². The second-order valence-electron chi connectivity index (χ2n) is 5.73. The van der Waals surface area contributed by atoms with Gasteiger partial charge in [-0.2, -0.15) is 11.8 Å². The molecule has 0 aromatic carbocycles. The Morgan fingerprint density at radius 3 is 2.86 bits per heavy atom. The molecule has 1 N–H and O–H groups in total. The van der Waals surface area contributed by atoms with Crippen LogP contribution in [0.1, 0.15) is 18.4 Å². The zero-order valence-electron chi connectivity index (χ0n) is 12.2. The largest absolute Gasteiger partial charge is 0.338 e. The van der Waals surface area contributed by atoms with Gasteiger partial charge in [0.2, 0.25) is 0 Å². The van der Waals surface area contributed by atoms with Gasteiger partial charge in [0.25, 0.3) is 0 Å². The molecule has 1 aliphatic heterocycles. The zero-order valence-corrected chi connectivity index (χ0v) is 13.8. The maximum atomic E-state index is 11.9. The monoisotopic (exact) mass is 327 g/mol. The summed E-state index contributed by atoms with van der Waals surface area (Å²) in [6.07, 6.45) is 5.70. The SMILES string of the molecule is CS(=O)(=O)C1CSCCN1c1ccc(CNC2CC2)cn1. The number of sulfone groups is 1. The first-order valence-corrected chi connectivity index (χ1v) is 10.4. The van der Waals surface area contributed by atoms with Gasteiger partial charge in [-0.15, -0.1) is 0 Å². The number of nitrogens with zero attached hydrogens (tertiary/aromatic N) is 2. The van der Waals surface area contributed by atoms with E-state index in [9.17, 15) is 8.42 Å². The van der Waals surface area contributed by atoms with E-state index in [0.717, 1.165) is 30.2 Å². The lowest BCUT2D eigenvalue weighted by Gasteiger charge is -2.34. The van der Waals surface area contributed by atoms with Crippen LogP contribution in [0.3, 0.4) is 0 Å². The summed E-state index contributed by atoms with van der Waals surface area (Å²) < 4.78 is 23.9. The molecule has 116 valence electrons. The van der Waals surface area contributed by atoms with Crippen molar-refractivity contribution in [1.82, 2.24) is 10.3 Å². The van der Waals surface area contributed by atoms with E-state index in [-0.39, 0.29) is 0 Å². The van der Waals surface area contributed by atoms with E-state index in [1.807, 2.05) is 23.2 Å². The molecule has 0 radical (unpaired) electrons. The number of pyridine rings is 1. The minimum Gasteiger partial charge on any atom is -0.338 e. The highest BCUT2D eigenvalue weighted by molar-refractivity contribution is 8.01. The average Bonchev–Trinajstić information content (AvgIpc) is 3.29. The number of hydrogen-bond acceptors (Lipinski definition) is 6. The van der Waals surface area contributed by atoms with Crippen LogP contribution in [0.15, 0.2) is 18.3 Å². The third kappa shape index (κ3) is 3.90. The summed E-state index contributed by atoms with van der Waals surface area (Å²) in [4.78, 5) is 6.40. The summed E-state index contributed by atoms with van der Waals surface area (Å²) in [7, 11) is -3.09. The van der Waals surface area contributed by atoms with Crippen LogP contribution in [-0.2, 0) is 16.4 Å². The van der Waals surface area contributed by atoms with Gasteiger partial charge in [-0.25, -0.2) is 13.4 Å². The molecule has 0 amide bonds. The van der Waals surface area contributed by atoms with E-state index in [4.69, 9.17) is 0 Å². The van der Waals surface area contributed by atoms with Crippen molar-refractivity contribution in [3.8, 4) is 0 Å². The minimum absolute atomic E-state index is 0.459. The van der Waals surface area contributed by atoms with Gasteiger partial charge in [0.15, 0.2) is 9.84 Å². The van der Waals surface area contributed by atoms with Crippen LogP contribution in [0.2, 0.25) is 0 Å². The number of hydrogen-bond donors (Lipinski definition) is 1. The van der Waals surface area contributed by atoms with Crippen molar-refractivity contribution in [3.63, 3.8) is 0 Å². The molecule has 0 bridgehead atoms. The lowest BCUT2D eigenvalue weighted by molar-refractivity contribution is 0.583. The second kappa shape index (κ2) is 6.14. The molecule has 2 heterocycles. The number of nitrogens with one attached hydrogen (secondary N) is 1. The fourth-order valence-corrected chi connectivity index (χ4v) is 5.27. The molecule has 7 heteroatoms. The van der Waals surface area contributed by atoms with Gasteiger partial charge < -0.3 is 10.2 Å². The topological polar surface area (TPSA) is 62.3 Å². The van der Waals surface area contributed by atoms with Crippen LogP contribution in [-0.4, -0.2) is 49.1 Å². The van der Waals surface area contributed by atoms with Crippen LogP contribution in [0.5, 0.6) is 0 Å². The standard InChI is InChI=1S/C14H21N3O2S2/c1-21(18,19)14-10-20-7-6-17(14)13-5-2-11(9-16-13)8-15-12-3-4-12/h2,5,9,12,14-15H,3-4,6-8,10H2,1H3. The Morgan fingerprint density at radius 2 is 2.24 bits per heavy atom. The van der Waals surface area contributed by atoms with Gasteiger partial charge in [-0.1, -0.05) is 6.07 Å². The number of rotatable bonds is 5. The Hall–Kier alpha value is -0.790. The maximum absolute atomic E-state index is 11.9. The summed E-state index contributed by atoms with van der Waals surface area (Å²) >= 11 is 1.69. The van der Waals surface area contributed by atoms with E-state index >= 15 is 0 Å². The van der Waals surface area contributed by atoms with Crippen molar-refractivity contribution in [2.45, 2.75) is 30.8 Å². The number of thioether (sulfide) groups is 1. The van der Waals surface area contributed by atoms with Crippen LogP contribution in [0.25, 0.3) is 0 Å². The highest BCUT2D eigenvalue weighted by atomic mass is 32.2. The van der Waals surface area contributed by atoms with Crippen molar-refractivity contribution < 1.29 is 8.42 Å². The Morgan fingerprint density at radius 1 is 1.43 bits per heavy atom. The number of anilines is 1. The molecule has 1 saturated carbocycles. The van der Waals surface area contributed by atoms with Crippen LogP contribution in [0, 0.1) is 0 Å². The third-order valence-corrected chi connectivity index (χ3v) is 6.50. The van der Waals surface area contributed by atoms with E-state index in [1.54, 1.807) is 11.8 Å². The predicted octanol–water partition coefficient (Wildman–Crippen LogP) is 1.26. The maximum Gasteiger partial charge on any atom is 0.169 e. The molecule has 1 aromatic rings. The molecule has 1 unspecified atom stereocenters. The molecule has 21 heavy (non-hydrogen) atoms. The quantitative estimate of drug-likeness (QED) is 0.878. The van der Waals surface area contributed by atoms with Crippen molar-refractivity contribution >= 4 is 27.4 Å². The normalized spacial score (nSPS) is 23.3. The first kappa shape index (κ1) is 15.1. The Bertz CT molecular complexity index is 585.